The van der Waals surface area contributed by atoms with Gasteiger partial charge in [0, 0.05) is 49.6 Å². The number of amides is 1. The van der Waals surface area contributed by atoms with Crippen LogP contribution in [0, 0.1) is 18.8 Å². The number of unbranched alkanes of at least 4 members (excludes halogenated alkanes) is 12. The highest BCUT2D eigenvalue weighted by atomic mass is 35.5. The monoisotopic (exact) mass is 744 g/mol. The molecule has 53 heavy (non-hydrogen) atoms. The number of aromatic nitrogens is 6. The average molecular weight is 745 g/mol. The van der Waals surface area contributed by atoms with Crippen molar-refractivity contribution in [1.29, 1.82) is 0 Å². The fourth-order valence-corrected chi connectivity index (χ4v) is 7.65. The van der Waals surface area contributed by atoms with Crippen LogP contribution in [0.3, 0.4) is 0 Å². The largest absolute Gasteiger partial charge is 0.352 e. The van der Waals surface area contributed by atoms with Crippen LogP contribution in [0.4, 0.5) is 5.95 Å². The summed E-state index contributed by atoms with van der Waals surface area (Å²) in [4.78, 5) is 56.9. The standard InChI is InChI=1S/C41H57ClN8O3/c1-4-5-28-49-37-38(47(3)41(53)50(39(37)52)30-35-43-31(2)33-23-18-19-24-34(33)45-35)46-40(49)48-27-21-22-32(29-48)44-36(51)25-17-15-13-11-9-7-6-8-10-12-14-16-20-26-42/h18-19,23-24,32H,6-17,20-22,25-30H2,1-3H3,(H,44,51). The number of hydrogen-bond donors (Lipinski definition) is 1. The third-order valence-corrected chi connectivity index (χ3v) is 10.6. The van der Waals surface area contributed by atoms with E-state index in [-0.39, 0.29) is 25.0 Å². The van der Waals surface area contributed by atoms with E-state index < -0.39 is 11.2 Å². The molecule has 1 aromatic carbocycles. The van der Waals surface area contributed by atoms with E-state index in [0.29, 0.717) is 35.9 Å². The number of carbonyl (C=O) groups excluding carboxylic acids is 1. The van der Waals surface area contributed by atoms with Gasteiger partial charge >= 0.3 is 5.69 Å². The highest BCUT2D eigenvalue weighted by Crippen LogP contribution is 2.24. The number of hydrogen-bond acceptors (Lipinski definition) is 7. The van der Waals surface area contributed by atoms with Crippen LogP contribution in [-0.2, 0) is 24.9 Å². The zero-order chi connectivity index (χ0) is 37.6. The van der Waals surface area contributed by atoms with E-state index >= 15 is 0 Å². The van der Waals surface area contributed by atoms with Crippen LogP contribution in [-0.4, -0.2) is 59.6 Å². The number of rotatable bonds is 20. The van der Waals surface area contributed by atoms with Gasteiger partial charge in [-0.05, 0) is 45.6 Å². The maximum absolute atomic E-state index is 14.1. The number of nitrogens with one attached hydrogen (secondary N) is 1. The van der Waals surface area contributed by atoms with Gasteiger partial charge in [0.15, 0.2) is 11.2 Å². The lowest BCUT2D eigenvalue weighted by Crippen LogP contribution is -2.48. The molecule has 4 aromatic rings. The van der Waals surface area contributed by atoms with Gasteiger partial charge in [0.05, 0.1) is 18.6 Å². The molecular formula is C41H57ClN8O3. The predicted octanol–water partition coefficient (Wildman–Crippen LogP) is 7.01. The topological polar surface area (TPSA) is 120 Å². The molecule has 286 valence electrons. The SMILES string of the molecule is CC#CCn1c(N2CCCC(NC(=O)CCCCCCCCCCCCCCCCl)C2)nc2c1c(=O)n(Cc1nc(C)c3ccccc3n1)c(=O)n2C. The first-order valence-electron chi connectivity index (χ1n) is 19.7. The molecule has 1 saturated heterocycles. The summed E-state index contributed by atoms with van der Waals surface area (Å²) in [6, 6.07) is 7.66. The van der Waals surface area contributed by atoms with Crippen LogP contribution in [0.2, 0.25) is 0 Å². The van der Waals surface area contributed by atoms with Crippen LogP contribution in [0.5, 0.6) is 0 Å². The average Bonchev–Trinajstić information content (AvgIpc) is 3.55. The highest BCUT2D eigenvalue weighted by Gasteiger charge is 2.28. The zero-order valence-electron chi connectivity index (χ0n) is 32.0. The summed E-state index contributed by atoms with van der Waals surface area (Å²) in [5.74, 6) is 7.87. The molecule has 1 unspecified atom stereocenters. The van der Waals surface area contributed by atoms with Gasteiger partial charge in [-0.1, -0.05) is 94.7 Å². The van der Waals surface area contributed by atoms with Crippen molar-refractivity contribution in [2.45, 2.75) is 136 Å². The van der Waals surface area contributed by atoms with Crippen LogP contribution >= 0.6 is 11.6 Å². The minimum Gasteiger partial charge on any atom is -0.352 e. The van der Waals surface area contributed by atoms with Gasteiger partial charge in [0.2, 0.25) is 11.9 Å². The van der Waals surface area contributed by atoms with Crippen molar-refractivity contribution in [2.75, 3.05) is 23.9 Å². The second-order valence-corrected chi connectivity index (χ2v) is 14.8. The molecule has 4 heterocycles. The molecule has 0 saturated carbocycles. The molecule has 0 radical (unpaired) electrons. The Hall–Kier alpha value is -4.17. The molecular weight excluding hydrogens is 688 g/mol. The summed E-state index contributed by atoms with van der Waals surface area (Å²) >= 11 is 5.75. The van der Waals surface area contributed by atoms with Crippen molar-refractivity contribution < 1.29 is 4.79 Å². The molecule has 1 aliphatic heterocycles. The van der Waals surface area contributed by atoms with Crippen LogP contribution in [0.15, 0.2) is 33.9 Å². The van der Waals surface area contributed by atoms with Crippen molar-refractivity contribution in [1.82, 2.24) is 34.0 Å². The Morgan fingerprint density at radius 3 is 2.25 bits per heavy atom. The van der Waals surface area contributed by atoms with E-state index in [9.17, 15) is 14.4 Å². The summed E-state index contributed by atoms with van der Waals surface area (Å²) in [6.07, 6.45) is 18.3. The Kier molecular flexibility index (Phi) is 15.4. The molecule has 1 aliphatic rings. The van der Waals surface area contributed by atoms with Crippen molar-refractivity contribution in [3.63, 3.8) is 0 Å². The van der Waals surface area contributed by atoms with Crippen molar-refractivity contribution >= 4 is 45.5 Å². The lowest BCUT2D eigenvalue weighted by Gasteiger charge is -2.34. The third-order valence-electron chi connectivity index (χ3n) is 10.4. The number of fused-ring (bicyclic) bond motifs is 2. The van der Waals surface area contributed by atoms with Gasteiger partial charge < -0.3 is 10.2 Å². The third kappa shape index (κ3) is 10.7. The Morgan fingerprint density at radius 1 is 0.906 bits per heavy atom. The predicted molar refractivity (Wildman–Crippen MR) is 215 cm³/mol. The molecule has 1 fully saturated rings. The summed E-state index contributed by atoms with van der Waals surface area (Å²) in [7, 11) is 1.63. The quantitative estimate of drug-likeness (QED) is 0.0588. The molecule has 0 spiro atoms. The number of aryl methyl sites for hydroxylation is 2. The number of carbonyl (C=O) groups is 1. The van der Waals surface area contributed by atoms with E-state index in [1.54, 1.807) is 14.0 Å². The second-order valence-electron chi connectivity index (χ2n) is 14.5. The van der Waals surface area contributed by atoms with Gasteiger partial charge in [-0.2, -0.15) is 4.98 Å². The fraction of sp³-hybridized carbons (Fsp3) is 0.610. The van der Waals surface area contributed by atoms with Crippen LogP contribution in [0.25, 0.3) is 22.1 Å². The number of nitrogens with zero attached hydrogens (tertiary/aromatic N) is 7. The molecule has 11 nitrogen and oxygen atoms in total. The lowest BCUT2D eigenvalue weighted by molar-refractivity contribution is -0.122. The van der Waals surface area contributed by atoms with Gasteiger partial charge in [0.25, 0.3) is 5.56 Å². The molecule has 1 atom stereocenters. The van der Waals surface area contributed by atoms with Gasteiger partial charge in [-0.3, -0.25) is 23.3 Å². The smallest absolute Gasteiger partial charge is 0.332 e. The van der Waals surface area contributed by atoms with Crippen LogP contribution < -0.4 is 21.5 Å². The second kappa shape index (κ2) is 20.3. The number of para-hydroxylation sites is 1. The van der Waals surface area contributed by atoms with Crippen molar-refractivity contribution in [3.05, 3.63) is 56.6 Å². The Balaban J connectivity index is 1.18. The molecule has 1 N–H and O–H groups in total. The van der Waals surface area contributed by atoms with E-state index in [2.05, 4.69) is 32.0 Å². The van der Waals surface area contributed by atoms with Crippen molar-refractivity contribution in [2.24, 2.45) is 7.05 Å². The number of halogens is 1. The number of imidazole rings is 1. The van der Waals surface area contributed by atoms with E-state index in [1.807, 2.05) is 35.8 Å². The Bertz CT molecular complexity index is 2010. The van der Waals surface area contributed by atoms with E-state index in [4.69, 9.17) is 16.6 Å². The van der Waals surface area contributed by atoms with Gasteiger partial charge in [0.1, 0.15) is 5.82 Å². The van der Waals surface area contributed by atoms with Gasteiger partial charge in [-0.25, -0.2) is 14.8 Å². The number of anilines is 1. The number of alkyl halides is 1. The maximum Gasteiger partial charge on any atom is 0.332 e. The lowest BCUT2D eigenvalue weighted by atomic mass is 10.0. The van der Waals surface area contributed by atoms with E-state index in [1.165, 1.54) is 73.3 Å². The Labute approximate surface area is 318 Å². The van der Waals surface area contributed by atoms with Crippen LogP contribution in [0.1, 0.15) is 121 Å². The first-order valence-corrected chi connectivity index (χ1v) is 20.3. The molecule has 0 aliphatic carbocycles. The van der Waals surface area contributed by atoms with Crippen molar-refractivity contribution in [3.8, 4) is 11.8 Å². The van der Waals surface area contributed by atoms with Gasteiger partial charge in [-0.15, -0.1) is 17.5 Å². The molecule has 12 heteroatoms. The summed E-state index contributed by atoms with van der Waals surface area (Å²) in [6.45, 7) is 5.11. The van der Waals surface area contributed by atoms with E-state index in [0.717, 1.165) is 61.1 Å². The summed E-state index contributed by atoms with van der Waals surface area (Å²) < 4.78 is 4.41. The molecule has 3 aromatic heterocycles. The summed E-state index contributed by atoms with van der Waals surface area (Å²) in [5, 5.41) is 4.19. The Morgan fingerprint density at radius 2 is 1.57 bits per heavy atom. The number of piperidine rings is 1. The minimum atomic E-state index is -0.487. The zero-order valence-corrected chi connectivity index (χ0v) is 32.7. The fourth-order valence-electron chi connectivity index (χ4n) is 7.46. The maximum atomic E-state index is 14.1. The minimum absolute atomic E-state index is 0.0316. The molecule has 0 bridgehead atoms. The number of benzene rings is 1. The molecule has 1 amide bonds. The first-order chi connectivity index (χ1) is 25.8. The summed E-state index contributed by atoms with van der Waals surface area (Å²) in [5.41, 5.74) is 1.21. The first kappa shape index (κ1) is 40.0. The highest BCUT2D eigenvalue weighted by molar-refractivity contribution is 6.17. The normalized spacial score (nSPS) is 14.5. The molecule has 5 rings (SSSR count).